The average molecular weight is 456 g/mol. The van der Waals surface area contributed by atoms with Gasteiger partial charge in [-0.1, -0.05) is 25.6 Å². The minimum absolute atomic E-state index is 0.00296. The van der Waals surface area contributed by atoms with Crippen molar-refractivity contribution < 1.29 is 22.0 Å². The summed E-state index contributed by atoms with van der Waals surface area (Å²) in [5.74, 6) is -2.23. The molecule has 0 saturated heterocycles. The number of pyridine rings is 1. The Bertz CT molecular complexity index is 1160. The van der Waals surface area contributed by atoms with Crippen LogP contribution in [0.25, 0.3) is 5.65 Å². The third-order valence-electron chi connectivity index (χ3n) is 4.17. The minimum Gasteiger partial charge on any atom is -0.325 e. The molecule has 0 aliphatic heterocycles. The number of anilines is 1. The zero-order chi connectivity index (χ0) is 21.9. The van der Waals surface area contributed by atoms with E-state index < -0.39 is 27.6 Å². The van der Waals surface area contributed by atoms with Crippen LogP contribution in [0.3, 0.4) is 0 Å². The Hall–Kier alpha value is -2.57. The molecule has 2 aromatic heterocycles. The zero-order valence-electron chi connectivity index (χ0n) is 16.2. The molecule has 1 aromatic carbocycles. The van der Waals surface area contributed by atoms with E-state index in [0.29, 0.717) is 30.0 Å². The molecule has 1 N–H and O–H groups in total. The van der Waals surface area contributed by atoms with Crippen molar-refractivity contribution in [3.8, 4) is 0 Å². The van der Waals surface area contributed by atoms with Crippen molar-refractivity contribution in [3.63, 3.8) is 0 Å². The van der Waals surface area contributed by atoms with Crippen molar-refractivity contribution in [2.75, 3.05) is 24.2 Å². The Kier molecular flexibility index (Phi) is 6.68. The van der Waals surface area contributed by atoms with E-state index in [4.69, 9.17) is 0 Å². The molecule has 1 amide bonds. The standard InChI is InChI=1S/C18H19F2N5O3S2/c1-3-24(4-2)30(27,28)15-5-6-16-22-23-18(25(16)10-15)29-11-17(26)21-14-8-12(19)7-13(20)9-14/h5-10H,3-4,11H2,1-2H3,(H,21,26). The van der Waals surface area contributed by atoms with Crippen LogP contribution >= 0.6 is 11.8 Å². The second kappa shape index (κ2) is 9.06. The Morgan fingerprint density at radius 2 is 1.80 bits per heavy atom. The molecule has 8 nitrogen and oxygen atoms in total. The lowest BCUT2D eigenvalue weighted by Crippen LogP contribution is -2.30. The highest BCUT2D eigenvalue weighted by Crippen LogP contribution is 2.22. The molecule has 0 aliphatic carbocycles. The van der Waals surface area contributed by atoms with Gasteiger partial charge in [-0.2, -0.15) is 4.31 Å². The number of carbonyl (C=O) groups excluding carboxylic acids is 1. The molecule has 3 aromatic rings. The number of rotatable bonds is 8. The number of fused-ring (bicyclic) bond motifs is 1. The van der Waals surface area contributed by atoms with Gasteiger partial charge in [-0.25, -0.2) is 17.2 Å². The first-order valence-corrected chi connectivity index (χ1v) is 11.4. The molecule has 12 heteroatoms. The topological polar surface area (TPSA) is 96.7 Å². The van der Waals surface area contributed by atoms with Gasteiger partial charge in [0.05, 0.1) is 10.6 Å². The first kappa shape index (κ1) is 22.1. The van der Waals surface area contributed by atoms with Crippen LogP contribution in [-0.2, 0) is 14.8 Å². The van der Waals surface area contributed by atoms with Gasteiger partial charge in [0.1, 0.15) is 11.6 Å². The van der Waals surface area contributed by atoms with E-state index in [1.54, 1.807) is 13.8 Å². The number of benzene rings is 1. The van der Waals surface area contributed by atoms with E-state index >= 15 is 0 Å². The first-order valence-electron chi connectivity index (χ1n) is 8.98. The van der Waals surface area contributed by atoms with Crippen molar-refractivity contribution in [2.45, 2.75) is 23.9 Å². The van der Waals surface area contributed by atoms with Gasteiger partial charge in [-0.15, -0.1) is 10.2 Å². The van der Waals surface area contributed by atoms with Gasteiger partial charge in [0.2, 0.25) is 15.9 Å². The van der Waals surface area contributed by atoms with Gasteiger partial charge in [0.25, 0.3) is 0 Å². The third-order valence-corrected chi connectivity index (χ3v) is 7.14. The fourth-order valence-corrected chi connectivity index (χ4v) is 4.94. The first-order chi connectivity index (χ1) is 14.2. The predicted octanol–water partition coefficient (Wildman–Crippen LogP) is 2.77. The molecule has 0 atom stereocenters. The van der Waals surface area contributed by atoms with Gasteiger partial charge in [0.15, 0.2) is 10.8 Å². The number of nitrogens with one attached hydrogen (secondary N) is 1. The maximum atomic E-state index is 13.2. The maximum absolute atomic E-state index is 13.2. The van der Waals surface area contributed by atoms with E-state index in [0.717, 1.165) is 23.9 Å². The van der Waals surface area contributed by atoms with Crippen molar-refractivity contribution in [1.82, 2.24) is 18.9 Å². The summed E-state index contributed by atoms with van der Waals surface area (Å²) in [6, 6.07) is 5.70. The quantitative estimate of drug-likeness (QED) is 0.525. The van der Waals surface area contributed by atoms with Crippen LogP contribution in [0.4, 0.5) is 14.5 Å². The Balaban J connectivity index is 1.77. The van der Waals surface area contributed by atoms with Crippen LogP contribution in [0.1, 0.15) is 13.8 Å². The summed E-state index contributed by atoms with van der Waals surface area (Å²) < 4.78 is 54.8. The smallest absolute Gasteiger partial charge is 0.244 e. The number of sulfonamides is 1. The van der Waals surface area contributed by atoms with Crippen LogP contribution < -0.4 is 5.32 Å². The number of hydrogen-bond acceptors (Lipinski definition) is 6. The molecule has 0 bridgehead atoms. The van der Waals surface area contributed by atoms with Crippen LogP contribution in [0.15, 0.2) is 46.6 Å². The van der Waals surface area contributed by atoms with Gasteiger partial charge < -0.3 is 5.32 Å². The van der Waals surface area contributed by atoms with E-state index in [2.05, 4.69) is 15.5 Å². The van der Waals surface area contributed by atoms with Gasteiger partial charge in [-0.3, -0.25) is 9.20 Å². The second-order valence-corrected chi connectivity index (χ2v) is 9.04. The number of carbonyl (C=O) groups is 1. The monoisotopic (exact) mass is 455 g/mol. The predicted molar refractivity (Wildman–Crippen MR) is 109 cm³/mol. The molecule has 2 heterocycles. The van der Waals surface area contributed by atoms with Crippen LogP contribution in [0, 0.1) is 11.6 Å². The van der Waals surface area contributed by atoms with Crippen molar-refractivity contribution >= 4 is 39.0 Å². The average Bonchev–Trinajstić information content (AvgIpc) is 3.08. The van der Waals surface area contributed by atoms with E-state index in [-0.39, 0.29) is 16.3 Å². The molecule has 0 unspecified atom stereocenters. The lowest BCUT2D eigenvalue weighted by atomic mass is 10.3. The number of amides is 1. The Morgan fingerprint density at radius 3 is 2.43 bits per heavy atom. The van der Waals surface area contributed by atoms with Crippen LogP contribution in [0.5, 0.6) is 0 Å². The Morgan fingerprint density at radius 1 is 1.13 bits per heavy atom. The highest BCUT2D eigenvalue weighted by atomic mass is 32.2. The molecule has 3 rings (SSSR count). The maximum Gasteiger partial charge on any atom is 0.244 e. The Labute approximate surface area is 176 Å². The summed E-state index contributed by atoms with van der Waals surface area (Å²) in [5, 5.41) is 10.7. The highest BCUT2D eigenvalue weighted by molar-refractivity contribution is 7.99. The lowest BCUT2D eigenvalue weighted by Gasteiger charge is -2.18. The summed E-state index contributed by atoms with van der Waals surface area (Å²) >= 11 is 1.01. The minimum atomic E-state index is -3.67. The second-order valence-electron chi connectivity index (χ2n) is 6.16. The van der Waals surface area contributed by atoms with E-state index in [9.17, 15) is 22.0 Å². The number of thioether (sulfide) groups is 1. The van der Waals surface area contributed by atoms with Crippen molar-refractivity contribution in [3.05, 3.63) is 48.2 Å². The van der Waals surface area contributed by atoms with Gasteiger partial charge in [0, 0.05) is 31.0 Å². The normalized spacial score (nSPS) is 11.9. The summed E-state index contributed by atoms with van der Waals surface area (Å²) in [6.07, 6.45) is 1.41. The summed E-state index contributed by atoms with van der Waals surface area (Å²) in [4.78, 5) is 12.2. The number of halogens is 2. The number of nitrogens with zero attached hydrogens (tertiary/aromatic N) is 4. The lowest BCUT2D eigenvalue weighted by molar-refractivity contribution is -0.113. The van der Waals surface area contributed by atoms with Gasteiger partial charge in [-0.05, 0) is 24.3 Å². The number of aromatic nitrogens is 3. The molecule has 160 valence electrons. The molecular weight excluding hydrogens is 436 g/mol. The van der Waals surface area contributed by atoms with E-state index in [1.807, 2.05) is 0 Å². The van der Waals surface area contributed by atoms with Crippen molar-refractivity contribution in [1.29, 1.82) is 0 Å². The summed E-state index contributed by atoms with van der Waals surface area (Å²) in [7, 11) is -3.67. The summed E-state index contributed by atoms with van der Waals surface area (Å²) in [5.41, 5.74) is 0.417. The molecule has 0 radical (unpaired) electrons. The molecule has 0 aliphatic rings. The fraction of sp³-hybridized carbons (Fsp3) is 0.278. The molecule has 0 saturated carbocycles. The van der Waals surface area contributed by atoms with Crippen LogP contribution in [-0.4, -0.2) is 52.1 Å². The van der Waals surface area contributed by atoms with E-state index in [1.165, 1.54) is 27.0 Å². The largest absolute Gasteiger partial charge is 0.325 e. The zero-order valence-corrected chi connectivity index (χ0v) is 17.8. The fourth-order valence-electron chi connectivity index (χ4n) is 2.77. The van der Waals surface area contributed by atoms with Crippen molar-refractivity contribution in [2.24, 2.45) is 0 Å². The highest BCUT2D eigenvalue weighted by Gasteiger charge is 2.23. The third kappa shape index (κ3) is 4.77. The summed E-state index contributed by atoms with van der Waals surface area (Å²) in [6.45, 7) is 4.18. The molecular formula is C18H19F2N5O3S2. The SMILES string of the molecule is CCN(CC)S(=O)(=O)c1ccc2nnc(SCC(=O)Nc3cc(F)cc(F)c3)n2c1. The van der Waals surface area contributed by atoms with Gasteiger partial charge >= 0.3 is 0 Å². The molecule has 0 fully saturated rings. The number of hydrogen-bond donors (Lipinski definition) is 1. The van der Waals surface area contributed by atoms with Crippen LogP contribution in [0.2, 0.25) is 0 Å². The molecule has 0 spiro atoms. The molecule has 30 heavy (non-hydrogen) atoms.